The number of benzene rings is 1. The Balaban J connectivity index is 1.38. The fourth-order valence-corrected chi connectivity index (χ4v) is 3.79. The van der Waals surface area contributed by atoms with E-state index in [9.17, 15) is 14.0 Å². The van der Waals surface area contributed by atoms with Crippen molar-refractivity contribution >= 4 is 35.1 Å². The first kappa shape index (κ1) is 18.6. The van der Waals surface area contributed by atoms with Crippen LogP contribution < -0.4 is 9.80 Å². The van der Waals surface area contributed by atoms with Crippen molar-refractivity contribution in [3.05, 3.63) is 47.5 Å². The van der Waals surface area contributed by atoms with Crippen molar-refractivity contribution in [2.75, 3.05) is 42.5 Å². The fourth-order valence-electron chi connectivity index (χ4n) is 3.62. The molecule has 0 bridgehead atoms. The van der Waals surface area contributed by atoms with E-state index in [4.69, 9.17) is 11.6 Å². The number of halogens is 2. The maximum Gasteiger partial charge on any atom is 0.228 e. The van der Waals surface area contributed by atoms with Gasteiger partial charge in [0.05, 0.1) is 10.9 Å². The summed E-state index contributed by atoms with van der Waals surface area (Å²) >= 11 is 5.82. The zero-order valence-corrected chi connectivity index (χ0v) is 15.8. The Morgan fingerprint density at radius 2 is 1.86 bits per heavy atom. The van der Waals surface area contributed by atoms with Crippen LogP contribution in [0.3, 0.4) is 0 Å². The number of anilines is 2. The van der Waals surface area contributed by atoms with Crippen LogP contribution >= 0.6 is 11.6 Å². The van der Waals surface area contributed by atoms with E-state index in [2.05, 4.69) is 9.97 Å². The molecule has 2 aliphatic rings. The standard InChI is InChI=1S/C19H19ClFN5O2/c20-15-11-14(2-3-16(15)21)26-12-13(10-17(26)27)18(28)24-6-8-25(9-7-24)19-22-4-1-5-23-19/h1-5,11,13H,6-10,12H2/t13-/m1/s1. The van der Waals surface area contributed by atoms with Crippen LogP contribution in [0.25, 0.3) is 0 Å². The van der Waals surface area contributed by atoms with Crippen molar-refractivity contribution in [3.8, 4) is 0 Å². The fraction of sp³-hybridized carbons (Fsp3) is 0.368. The Morgan fingerprint density at radius 3 is 2.54 bits per heavy atom. The Morgan fingerprint density at radius 1 is 1.14 bits per heavy atom. The third-order valence-corrected chi connectivity index (χ3v) is 5.41. The van der Waals surface area contributed by atoms with E-state index in [0.29, 0.717) is 37.8 Å². The molecular formula is C19H19ClFN5O2. The van der Waals surface area contributed by atoms with Crippen LogP contribution in [0.4, 0.5) is 16.0 Å². The average Bonchev–Trinajstić information content (AvgIpc) is 3.12. The van der Waals surface area contributed by atoms with Crippen LogP contribution in [0.15, 0.2) is 36.7 Å². The zero-order valence-electron chi connectivity index (χ0n) is 15.1. The minimum Gasteiger partial charge on any atom is -0.339 e. The minimum absolute atomic E-state index is 0.0299. The van der Waals surface area contributed by atoms with Gasteiger partial charge in [-0.25, -0.2) is 14.4 Å². The molecule has 1 atom stereocenters. The zero-order chi connectivity index (χ0) is 19.7. The maximum absolute atomic E-state index is 13.4. The van der Waals surface area contributed by atoms with E-state index in [1.165, 1.54) is 23.1 Å². The van der Waals surface area contributed by atoms with Gasteiger partial charge in [0, 0.05) is 57.2 Å². The van der Waals surface area contributed by atoms with Crippen molar-refractivity contribution in [1.82, 2.24) is 14.9 Å². The lowest BCUT2D eigenvalue weighted by atomic mass is 10.1. The van der Waals surface area contributed by atoms with Crippen molar-refractivity contribution in [3.63, 3.8) is 0 Å². The van der Waals surface area contributed by atoms with E-state index in [1.54, 1.807) is 23.4 Å². The number of hydrogen-bond acceptors (Lipinski definition) is 5. The lowest BCUT2D eigenvalue weighted by molar-refractivity contribution is -0.136. The molecule has 0 N–H and O–H groups in total. The van der Waals surface area contributed by atoms with Crippen molar-refractivity contribution < 1.29 is 14.0 Å². The summed E-state index contributed by atoms with van der Waals surface area (Å²) in [4.78, 5) is 39.1. The average molecular weight is 404 g/mol. The van der Waals surface area contributed by atoms with Gasteiger partial charge < -0.3 is 14.7 Å². The lowest BCUT2D eigenvalue weighted by Gasteiger charge is -2.35. The van der Waals surface area contributed by atoms with Gasteiger partial charge in [0.25, 0.3) is 0 Å². The van der Waals surface area contributed by atoms with Crippen LogP contribution in [-0.4, -0.2) is 59.4 Å². The lowest BCUT2D eigenvalue weighted by Crippen LogP contribution is -2.51. The normalized spacial score (nSPS) is 20.0. The molecule has 1 aromatic heterocycles. The summed E-state index contributed by atoms with van der Waals surface area (Å²) in [6, 6.07) is 5.91. The first-order valence-corrected chi connectivity index (χ1v) is 9.47. The van der Waals surface area contributed by atoms with Gasteiger partial charge in [0.1, 0.15) is 5.82 Å². The molecule has 2 aromatic rings. The van der Waals surface area contributed by atoms with E-state index in [-0.39, 0.29) is 29.8 Å². The monoisotopic (exact) mass is 403 g/mol. The molecule has 9 heteroatoms. The second kappa shape index (κ2) is 7.71. The van der Waals surface area contributed by atoms with Gasteiger partial charge in [0.15, 0.2) is 0 Å². The molecule has 2 fully saturated rings. The molecule has 2 saturated heterocycles. The number of nitrogens with zero attached hydrogens (tertiary/aromatic N) is 5. The van der Waals surface area contributed by atoms with Crippen LogP contribution in [0, 0.1) is 11.7 Å². The summed E-state index contributed by atoms with van der Waals surface area (Å²) in [5.41, 5.74) is 0.512. The topological polar surface area (TPSA) is 69.6 Å². The van der Waals surface area contributed by atoms with Crippen LogP contribution in [0.2, 0.25) is 5.02 Å². The number of rotatable bonds is 3. The molecule has 7 nitrogen and oxygen atoms in total. The second-order valence-electron chi connectivity index (χ2n) is 6.86. The highest BCUT2D eigenvalue weighted by Crippen LogP contribution is 2.29. The SMILES string of the molecule is O=C([C@@H]1CC(=O)N(c2ccc(F)c(Cl)c2)C1)N1CCN(c2ncccn2)CC1. The van der Waals surface area contributed by atoms with Crippen molar-refractivity contribution in [2.24, 2.45) is 5.92 Å². The number of carbonyl (C=O) groups excluding carboxylic acids is 2. The maximum atomic E-state index is 13.4. The second-order valence-corrected chi connectivity index (χ2v) is 7.27. The Kier molecular flexibility index (Phi) is 5.13. The van der Waals surface area contributed by atoms with Gasteiger partial charge in [0.2, 0.25) is 17.8 Å². The molecule has 0 unspecified atom stereocenters. The molecule has 2 amide bonds. The molecule has 1 aromatic carbocycles. The first-order chi connectivity index (χ1) is 13.5. The predicted octanol–water partition coefficient (Wildman–Crippen LogP) is 1.97. The van der Waals surface area contributed by atoms with Gasteiger partial charge in [-0.3, -0.25) is 9.59 Å². The Hall–Kier alpha value is -2.74. The summed E-state index contributed by atoms with van der Waals surface area (Å²) < 4.78 is 13.4. The van der Waals surface area contributed by atoms with E-state index < -0.39 is 11.7 Å². The molecule has 3 heterocycles. The molecule has 28 heavy (non-hydrogen) atoms. The van der Waals surface area contributed by atoms with Crippen LogP contribution in [-0.2, 0) is 9.59 Å². The number of piperazine rings is 1. The Bertz CT molecular complexity index is 889. The Labute approximate surface area is 166 Å². The number of carbonyl (C=O) groups is 2. The summed E-state index contributed by atoms with van der Waals surface area (Å²) in [5, 5.41) is -0.0423. The van der Waals surface area contributed by atoms with Crippen molar-refractivity contribution in [1.29, 1.82) is 0 Å². The van der Waals surface area contributed by atoms with E-state index in [0.717, 1.165) is 0 Å². The highest BCUT2D eigenvalue weighted by atomic mass is 35.5. The molecule has 2 aliphatic heterocycles. The minimum atomic E-state index is -0.537. The molecule has 4 rings (SSSR count). The van der Waals surface area contributed by atoms with Gasteiger partial charge in [-0.2, -0.15) is 0 Å². The summed E-state index contributed by atoms with van der Waals surface area (Å²) in [6.07, 6.45) is 3.54. The van der Waals surface area contributed by atoms with Crippen LogP contribution in [0.1, 0.15) is 6.42 Å². The highest BCUT2D eigenvalue weighted by Gasteiger charge is 2.38. The highest BCUT2D eigenvalue weighted by molar-refractivity contribution is 6.31. The third kappa shape index (κ3) is 3.64. The summed E-state index contributed by atoms with van der Waals surface area (Å²) in [6.45, 7) is 2.69. The van der Waals surface area contributed by atoms with Gasteiger partial charge >= 0.3 is 0 Å². The molecule has 0 saturated carbocycles. The van der Waals surface area contributed by atoms with Gasteiger partial charge in [-0.05, 0) is 24.3 Å². The third-order valence-electron chi connectivity index (χ3n) is 5.12. The van der Waals surface area contributed by atoms with E-state index in [1.807, 2.05) is 4.90 Å². The van der Waals surface area contributed by atoms with Crippen molar-refractivity contribution in [2.45, 2.75) is 6.42 Å². The van der Waals surface area contributed by atoms with Gasteiger partial charge in [-0.1, -0.05) is 11.6 Å². The number of amides is 2. The number of hydrogen-bond donors (Lipinski definition) is 0. The van der Waals surface area contributed by atoms with Crippen LogP contribution in [0.5, 0.6) is 0 Å². The largest absolute Gasteiger partial charge is 0.339 e. The molecule has 146 valence electrons. The summed E-state index contributed by atoms with van der Waals surface area (Å²) in [7, 11) is 0. The summed E-state index contributed by atoms with van der Waals surface area (Å²) in [5.74, 6) is -0.471. The van der Waals surface area contributed by atoms with Gasteiger partial charge in [-0.15, -0.1) is 0 Å². The molecule has 0 radical (unpaired) electrons. The van der Waals surface area contributed by atoms with E-state index >= 15 is 0 Å². The smallest absolute Gasteiger partial charge is 0.228 e. The quantitative estimate of drug-likeness (QED) is 0.783. The first-order valence-electron chi connectivity index (χ1n) is 9.09. The molecular weight excluding hydrogens is 385 g/mol. The molecule has 0 spiro atoms. The number of aromatic nitrogens is 2. The molecule has 0 aliphatic carbocycles. The predicted molar refractivity (Wildman–Crippen MR) is 103 cm³/mol.